The Bertz CT molecular complexity index is 1080. The number of nitrogens with zero attached hydrogens (tertiary/aromatic N) is 3. The van der Waals surface area contributed by atoms with Gasteiger partial charge >= 0.3 is 0 Å². The van der Waals surface area contributed by atoms with Crippen LogP contribution >= 0.6 is 11.9 Å². The van der Waals surface area contributed by atoms with Gasteiger partial charge in [0.05, 0.1) is 17.9 Å². The van der Waals surface area contributed by atoms with E-state index < -0.39 is 6.10 Å². The van der Waals surface area contributed by atoms with Crippen LogP contribution in [0.15, 0.2) is 83.2 Å². The van der Waals surface area contributed by atoms with E-state index in [1.54, 1.807) is 0 Å². The van der Waals surface area contributed by atoms with Gasteiger partial charge in [0.15, 0.2) is 0 Å². The van der Waals surface area contributed by atoms with Gasteiger partial charge in [-0.15, -0.1) is 0 Å². The van der Waals surface area contributed by atoms with Crippen molar-refractivity contribution in [2.75, 3.05) is 19.0 Å². The number of aliphatic hydroxyl groups excluding tert-OH is 1. The van der Waals surface area contributed by atoms with Gasteiger partial charge in [0.2, 0.25) is 0 Å². The first kappa shape index (κ1) is 21.5. The minimum absolute atomic E-state index is 0.702. The summed E-state index contributed by atoms with van der Waals surface area (Å²) in [4.78, 5) is 6.91. The Morgan fingerprint density at radius 3 is 2.65 bits per heavy atom. The molecule has 0 amide bonds. The fourth-order valence-electron chi connectivity index (χ4n) is 3.67. The second kappa shape index (κ2) is 9.16. The van der Waals surface area contributed by atoms with Gasteiger partial charge in [0.1, 0.15) is 11.1 Å². The second-order valence-electron chi connectivity index (χ2n) is 8.20. The maximum atomic E-state index is 11.2. The van der Waals surface area contributed by atoms with Crippen molar-refractivity contribution in [3.8, 4) is 0 Å². The van der Waals surface area contributed by atoms with Crippen LogP contribution in [0.2, 0.25) is 0 Å². The third kappa shape index (κ3) is 4.78. The molecule has 2 aromatic rings. The zero-order valence-electron chi connectivity index (χ0n) is 18.5. The van der Waals surface area contributed by atoms with E-state index in [0.717, 1.165) is 35.6 Å². The van der Waals surface area contributed by atoms with Crippen molar-refractivity contribution in [3.05, 3.63) is 100 Å². The number of aryl methyl sites for hydroxylation is 2. The molecule has 0 fully saturated rings. The van der Waals surface area contributed by atoms with E-state index in [0.29, 0.717) is 5.04 Å². The Morgan fingerprint density at radius 1 is 1.13 bits per heavy atom. The Morgan fingerprint density at radius 2 is 1.90 bits per heavy atom. The molecule has 2 aromatic carbocycles. The molecule has 4 rings (SSSR count). The minimum Gasteiger partial charge on any atom is -0.381 e. The van der Waals surface area contributed by atoms with Crippen LogP contribution in [-0.4, -0.2) is 28.6 Å². The average molecular weight is 432 g/mol. The monoisotopic (exact) mass is 431 g/mol. The largest absolute Gasteiger partial charge is 0.381 e. The number of hydrogen-bond donors (Lipinski definition) is 1. The Balaban J connectivity index is 1.66. The van der Waals surface area contributed by atoms with Crippen molar-refractivity contribution < 1.29 is 5.11 Å². The average Bonchev–Trinajstić information content (AvgIpc) is 3.01. The highest BCUT2D eigenvalue weighted by atomic mass is 32.2. The number of allylic oxidation sites excluding steroid dienone is 4. The van der Waals surface area contributed by atoms with Crippen molar-refractivity contribution in [2.24, 2.45) is 4.99 Å². The lowest BCUT2D eigenvalue weighted by Gasteiger charge is -2.32. The van der Waals surface area contributed by atoms with E-state index >= 15 is 0 Å². The molecule has 0 radical (unpaired) electrons. The summed E-state index contributed by atoms with van der Waals surface area (Å²) >= 11 is 1.53. The topological polar surface area (TPSA) is 39.1 Å². The molecule has 1 N–H and O–H groups in total. The molecule has 0 spiro atoms. The molecule has 1 atom stereocenters. The van der Waals surface area contributed by atoms with Gasteiger partial charge in [-0.3, -0.25) is 0 Å². The Kier molecular flexibility index (Phi) is 6.35. The number of aliphatic imine (C=N–C) groups is 1. The highest BCUT2D eigenvalue weighted by Crippen LogP contribution is 2.38. The van der Waals surface area contributed by atoms with Crippen molar-refractivity contribution in [1.29, 1.82) is 0 Å². The number of fused-ring (bicyclic) bond motifs is 1. The summed E-state index contributed by atoms with van der Waals surface area (Å²) in [5.74, 6) is 0. The number of hydrogen-bond acceptors (Lipinski definition) is 5. The summed E-state index contributed by atoms with van der Waals surface area (Å²) in [6.07, 6.45) is 8.54. The lowest BCUT2D eigenvalue weighted by molar-refractivity contribution is 0.250. The lowest BCUT2D eigenvalue weighted by Crippen LogP contribution is -2.26. The number of aliphatic hydroxyl groups is 1. The zero-order chi connectivity index (χ0) is 22.0. The molecule has 160 valence electrons. The van der Waals surface area contributed by atoms with Crippen molar-refractivity contribution in [3.63, 3.8) is 0 Å². The molecule has 0 saturated heterocycles. The van der Waals surface area contributed by atoms with Gasteiger partial charge in [0.25, 0.3) is 0 Å². The molecule has 5 heteroatoms. The molecule has 0 aromatic heterocycles. The predicted octanol–water partition coefficient (Wildman–Crippen LogP) is 5.69. The van der Waals surface area contributed by atoms with Gasteiger partial charge in [-0.2, -0.15) is 0 Å². The third-order valence-corrected chi connectivity index (χ3v) is 6.63. The van der Waals surface area contributed by atoms with Crippen LogP contribution in [0.5, 0.6) is 0 Å². The summed E-state index contributed by atoms with van der Waals surface area (Å²) in [5.41, 5.74) is 7.77. The molecule has 31 heavy (non-hydrogen) atoms. The molecule has 1 aliphatic heterocycles. The summed E-state index contributed by atoms with van der Waals surface area (Å²) < 4.78 is 2.25. The van der Waals surface area contributed by atoms with Crippen LogP contribution in [0.1, 0.15) is 34.8 Å². The summed E-state index contributed by atoms with van der Waals surface area (Å²) in [7, 11) is 4.02. The molecular weight excluding hydrogens is 402 g/mol. The smallest absolute Gasteiger partial charge is 0.129 e. The van der Waals surface area contributed by atoms with Gasteiger partial charge in [-0.1, -0.05) is 54.1 Å². The van der Waals surface area contributed by atoms with Crippen LogP contribution in [0.25, 0.3) is 0 Å². The number of benzene rings is 2. The second-order valence-corrected chi connectivity index (χ2v) is 9.24. The SMILES string of the molecule is Cc1ccc(C)c(CN2SC(C(O)c3ccc(N(C)C)cc3)=NC3=CCC=CC=C32)c1. The molecule has 0 saturated carbocycles. The van der Waals surface area contributed by atoms with Crippen LogP contribution in [0.4, 0.5) is 5.69 Å². The number of rotatable bonds is 5. The van der Waals surface area contributed by atoms with E-state index in [1.165, 1.54) is 28.6 Å². The van der Waals surface area contributed by atoms with E-state index in [2.05, 4.69) is 65.6 Å². The van der Waals surface area contributed by atoms with Crippen LogP contribution < -0.4 is 4.90 Å². The molecule has 4 nitrogen and oxygen atoms in total. The lowest BCUT2D eigenvalue weighted by atomic mass is 10.1. The molecule has 1 heterocycles. The predicted molar refractivity (Wildman–Crippen MR) is 132 cm³/mol. The Labute approximate surface area is 189 Å². The standard InChI is InChI=1S/C26H29N3OS/c1-18-10-11-19(2)21(16-18)17-29-24-9-7-5-6-8-23(24)27-26(31-29)25(30)20-12-14-22(15-13-20)28(3)4/h5,7-16,25,30H,6,17H2,1-4H3. The van der Waals surface area contributed by atoms with E-state index in [-0.39, 0.29) is 0 Å². The number of anilines is 1. The van der Waals surface area contributed by atoms with Crippen molar-refractivity contribution in [1.82, 2.24) is 4.31 Å². The van der Waals surface area contributed by atoms with Crippen LogP contribution in [0, 0.1) is 13.8 Å². The Hall–Kier alpha value is -2.76. The maximum Gasteiger partial charge on any atom is 0.129 e. The van der Waals surface area contributed by atoms with Gasteiger partial charge in [0, 0.05) is 31.7 Å². The maximum absolute atomic E-state index is 11.2. The molecule has 0 bridgehead atoms. The normalized spacial score (nSPS) is 16.7. The van der Waals surface area contributed by atoms with Crippen molar-refractivity contribution in [2.45, 2.75) is 32.9 Å². The van der Waals surface area contributed by atoms with Gasteiger partial charge < -0.3 is 14.3 Å². The fraction of sp³-hybridized carbons (Fsp3) is 0.269. The highest BCUT2D eigenvalue weighted by molar-refractivity contribution is 8.12. The van der Waals surface area contributed by atoms with Gasteiger partial charge in [-0.25, -0.2) is 4.99 Å². The zero-order valence-corrected chi connectivity index (χ0v) is 19.4. The molecule has 2 aliphatic rings. The first-order valence-corrected chi connectivity index (χ1v) is 11.3. The van der Waals surface area contributed by atoms with Gasteiger partial charge in [-0.05, 0) is 55.2 Å². The third-order valence-electron chi connectivity index (χ3n) is 5.58. The fourth-order valence-corrected chi connectivity index (χ4v) is 4.73. The summed E-state index contributed by atoms with van der Waals surface area (Å²) in [6, 6.07) is 14.6. The van der Waals surface area contributed by atoms with E-state index in [4.69, 9.17) is 4.99 Å². The highest BCUT2D eigenvalue weighted by Gasteiger charge is 2.28. The molecule has 1 aliphatic carbocycles. The van der Waals surface area contributed by atoms with Crippen molar-refractivity contribution >= 4 is 22.7 Å². The summed E-state index contributed by atoms with van der Waals surface area (Å²) in [6.45, 7) is 5.03. The minimum atomic E-state index is -0.763. The first-order valence-electron chi connectivity index (χ1n) is 10.6. The molecule has 1 unspecified atom stereocenters. The van der Waals surface area contributed by atoms with E-state index in [9.17, 15) is 5.11 Å². The van der Waals surface area contributed by atoms with Crippen LogP contribution in [-0.2, 0) is 6.54 Å². The van der Waals surface area contributed by atoms with Crippen LogP contribution in [0.3, 0.4) is 0 Å². The molecular formula is C26H29N3OS. The quantitative estimate of drug-likeness (QED) is 0.617. The van der Waals surface area contributed by atoms with E-state index in [1.807, 2.05) is 38.4 Å². The summed E-state index contributed by atoms with van der Waals surface area (Å²) in [5, 5.41) is 11.9. The first-order chi connectivity index (χ1) is 14.9.